The topological polar surface area (TPSA) is 56.7 Å². The summed E-state index contributed by atoms with van der Waals surface area (Å²) in [4.78, 5) is 15.1. The number of furan rings is 1. The van der Waals surface area contributed by atoms with Crippen LogP contribution in [0.2, 0.25) is 0 Å². The smallest absolute Gasteiger partial charge is 0.167 e. The van der Waals surface area contributed by atoms with Crippen LogP contribution in [-0.2, 0) is 17.3 Å². The summed E-state index contributed by atoms with van der Waals surface area (Å²) < 4.78 is 9.40. The van der Waals surface area contributed by atoms with Crippen LogP contribution in [0.1, 0.15) is 61.2 Å². The van der Waals surface area contributed by atoms with Gasteiger partial charge in [-0.3, -0.25) is 0 Å². The molecule has 0 spiro atoms. The van der Waals surface area contributed by atoms with Crippen LogP contribution in [0.15, 0.2) is 162 Å². The minimum absolute atomic E-state index is 0.000980. The molecule has 5 heteroatoms. The molecule has 1 unspecified atom stereocenters. The molecule has 7 aromatic carbocycles. The fourth-order valence-electron chi connectivity index (χ4n) is 11.2. The molecule has 3 aromatic heterocycles. The third kappa shape index (κ3) is 4.88. The number of aromatic nitrogens is 4. The zero-order valence-electron chi connectivity index (χ0n) is 35.1. The molecule has 1 atom stereocenters. The molecule has 0 amide bonds. The van der Waals surface area contributed by atoms with Crippen LogP contribution in [0.3, 0.4) is 0 Å². The maximum atomic E-state index is 6.83. The lowest BCUT2D eigenvalue weighted by molar-refractivity contribution is 0.405. The Balaban J connectivity index is 1.03. The van der Waals surface area contributed by atoms with Gasteiger partial charge in [0.05, 0.1) is 11.1 Å². The van der Waals surface area contributed by atoms with Gasteiger partial charge in [0.15, 0.2) is 17.5 Å². The van der Waals surface area contributed by atoms with E-state index in [1.54, 1.807) is 0 Å². The molecule has 0 radical (unpaired) electrons. The number of nitrogens with zero attached hydrogens (tertiary/aromatic N) is 4. The third-order valence-corrected chi connectivity index (χ3v) is 14.4. The summed E-state index contributed by atoms with van der Waals surface area (Å²) in [5.74, 6) is 2.19. The molecule has 62 heavy (non-hydrogen) atoms. The van der Waals surface area contributed by atoms with Gasteiger partial charge in [-0.1, -0.05) is 149 Å². The largest absolute Gasteiger partial charge is 0.455 e. The Morgan fingerprint density at radius 3 is 1.92 bits per heavy atom. The molecule has 0 bridgehead atoms. The molecule has 0 N–H and O–H groups in total. The zero-order chi connectivity index (χ0) is 41.5. The molecular weight excluding hydrogens is 757 g/mol. The number of allylic oxidation sites excluding steroid dienone is 1. The average Bonchev–Trinajstić information content (AvgIpc) is 3.98. The summed E-state index contributed by atoms with van der Waals surface area (Å²) in [6.45, 7) is 9.62. The SMILES string of the molecule is CC1(C)c2ccccc2-c2cc3c4c(n(-c5ccc6oc7c(-c8nc(-c9ccccc9)nc(-c9ccccc9)n8)cccc7c6c5)c3cc21)CC1C(=C4)c2ccccc2C1(C)C. The van der Waals surface area contributed by atoms with Crippen LogP contribution in [0.25, 0.3) is 95.5 Å². The van der Waals surface area contributed by atoms with Gasteiger partial charge in [-0.25, -0.2) is 15.0 Å². The Kier molecular flexibility index (Phi) is 7.19. The van der Waals surface area contributed by atoms with Crippen LogP contribution in [0, 0.1) is 5.92 Å². The fraction of sp³-hybridized carbons (Fsp3) is 0.140. The van der Waals surface area contributed by atoms with Crippen molar-refractivity contribution < 1.29 is 4.42 Å². The van der Waals surface area contributed by atoms with Crippen LogP contribution < -0.4 is 0 Å². The third-order valence-electron chi connectivity index (χ3n) is 14.4. The second kappa shape index (κ2) is 12.6. The minimum atomic E-state index is -0.122. The monoisotopic (exact) mass is 798 g/mol. The van der Waals surface area contributed by atoms with Crippen molar-refractivity contribution in [2.75, 3.05) is 0 Å². The molecule has 0 aliphatic heterocycles. The lowest BCUT2D eigenvalue weighted by Gasteiger charge is -2.31. The molecular formula is C57H42N4O. The number of fused-ring (bicyclic) bond motifs is 12. The Labute approximate surface area is 360 Å². The highest BCUT2D eigenvalue weighted by atomic mass is 16.3. The first kappa shape index (κ1) is 35.4. The van der Waals surface area contributed by atoms with Crippen molar-refractivity contribution in [3.8, 4) is 51.0 Å². The predicted molar refractivity (Wildman–Crippen MR) is 252 cm³/mol. The fourth-order valence-corrected chi connectivity index (χ4v) is 11.2. The highest BCUT2D eigenvalue weighted by molar-refractivity contribution is 6.10. The number of benzene rings is 7. The van der Waals surface area contributed by atoms with E-state index < -0.39 is 0 Å². The van der Waals surface area contributed by atoms with E-state index >= 15 is 0 Å². The molecule has 0 saturated carbocycles. The van der Waals surface area contributed by atoms with E-state index in [9.17, 15) is 0 Å². The molecule has 3 aliphatic rings. The number of hydrogen-bond acceptors (Lipinski definition) is 4. The van der Waals surface area contributed by atoms with Gasteiger partial charge in [-0.05, 0) is 99.2 Å². The van der Waals surface area contributed by atoms with Crippen LogP contribution in [0.5, 0.6) is 0 Å². The standard InChI is InChI=1S/C57H42N4O/c1-56(2)45-24-13-11-20-36(45)40-29-42-43-30-41-37-21-12-14-25-46(37)57(3,4)48(41)32-50(43)61(49(42)31-47(40)56)35-26-27-51-44(28-35)38-22-15-23-39(52(38)62-51)55-59-53(33-16-7-5-8-17-33)58-54(60-55)34-18-9-6-10-19-34/h5-31,48H,32H2,1-4H3. The van der Waals surface area contributed by atoms with E-state index in [1.165, 1.54) is 61.1 Å². The Morgan fingerprint density at radius 2 is 1.18 bits per heavy atom. The van der Waals surface area contributed by atoms with E-state index in [-0.39, 0.29) is 10.8 Å². The van der Waals surface area contributed by atoms with Crippen LogP contribution >= 0.6 is 0 Å². The average molecular weight is 799 g/mol. The first-order valence-corrected chi connectivity index (χ1v) is 21.7. The van der Waals surface area contributed by atoms with Gasteiger partial charge < -0.3 is 8.98 Å². The van der Waals surface area contributed by atoms with Crippen molar-refractivity contribution in [1.82, 2.24) is 19.5 Å². The van der Waals surface area contributed by atoms with Gasteiger partial charge in [0.2, 0.25) is 0 Å². The lowest BCUT2D eigenvalue weighted by Crippen LogP contribution is -2.27. The highest BCUT2D eigenvalue weighted by Gasteiger charge is 2.46. The van der Waals surface area contributed by atoms with Crippen molar-refractivity contribution in [2.45, 2.75) is 44.9 Å². The predicted octanol–water partition coefficient (Wildman–Crippen LogP) is 14.0. The number of rotatable bonds is 4. The van der Waals surface area contributed by atoms with E-state index in [0.29, 0.717) is 23.4 Å². The summed E-state index contributed by atoms with van der Waals surface area (Å²) in [5, 5.41) is 3.39. The van der Waals surface area contributed by atoms with E-state index in [1.807, 2.05) is 60.7 Å². The summed E-state index contributed by atoms with van der Waals surface area (Å²) in [5.41, 5.74) is 19.0. The molecule has 3 aliphatic carbocycles. The van der Waals surface area contributed by atoms with Gasteiger partial charge >= 0.3 is 0 Å². The highest BCUT2D eigenvalue weighted by Crippen LogP contribution is 2.57. The molecule has 10 aromatic rings. The molecule has 3 heterocycles. The molecule has 296 valence electrons. The lowest BCUT2D eigenvalue weighted by atomic mass is 9.73. The summed E-state index contributed by atoms with van der Waals surface area (Å²) in [6.07, 6.45) is 3.48. The van der Waals surface area contributed by atoms with Gasteiger partial charge in [0.1, 0.15) is 11.2 Å². The summed E-state index contributed by atoms with van der Waals surface area (Å²) >= 11 is 0. The first-order valence-electron chi connectivity index (χ1n) is 21.7. The van der Waals surface area contributed by atoms with Crippen molar-refractivity contribution >= 4 is 44.5 Å². The molecule has 0 saturated heterocycles. The Morgan fingerprint density at radius 1 is 0.532 bits per heavy atom. The maximum absolute atomic E-state index is 6.83. The summed E-state index contributed by atoms with van der Waals surface area (Å²) in [7, 11) is 0. The van der Waals surface area contributed by atoms with Gasteiger partial charge in [0, 0.05) is 49.6 Å². The minimum Gasteiger partial charge on any atom is -0.455 e. The van der Waals surface area contributed by atoms with Crippen molar-refractivity contribution in [3.05, 3.63) is 191 Å². The number of hydrogen-bond donors (Lipinski definition) is 0. The first-order chi connectivity index (χ1) is 30.2. The van der Waals surface area contributed by atoms with Gasteiger partial charge in [-0.2, -0.15) is 0 Å². The molecule has 13 rings (SSSR count). The Bertz CT molecular complexity index is 3490. The van der Waals surface area contributed by atoms with E-state index in [0.717, 1.165) is 50.7 Å². The van der Waals surface area contributed by atoms with Gasteiger partial charge in [0.25, 0.3) is 0 Å². The van der Waals surface area contributed by atoms with E-state index in [4.69, 9.17) is 19.4 Å². The second-order valence-corrected chi connectivity index (χ2v) is 18.4. The van der Waals surface area contributed by atoms with Crippen molar-refractivity contribution in [2.24, 2.45) is 5.92 Å². The van der Waals surface area contributed by atoms with Crippen LogP contribution in [-0.4, -0.2) is 19.5 Å². The maximum Gasteiger partial charge on any atom is 0.167 e. The zero-order valence-corrected chi connectivity index (χ0v) is 35.1. The molecule has 0 fully saturated rings. The van der Waals surface area contributed by atoms with Gasteiger partial charge in [-0.15, -0.1) is 0 Å². The second-order valence-electron chi connectivity index (χ2n) is 18.4. The Hall–Kier alpha value is -7.37. The van der Waals surface area contributed by atoms with Crippen molar-refractivity contribution in [3.63, 3.8) is 0 Å². The quantitative estimate of drug-likeness (QED) is 0.178. The normalized spacial score (nSPS) is 16.5. The molecule has 5 nitrogen and oxygen atoms in total. The van der Waals surface area contributed by atoms with Crippen LogP contribution in [0.4, 0.5) is 0 Å². The number of para-hydroxylation sites is 1. The van der Waals surface area contributed by atoms with E-state index in [2.05, 4.69) is 135 Å². The summed E-state index contributed by atoms with van der Waals surface area (Å²) in [6, 6.07) is 56.3. The van der Waals surface area contributed by atoms with Crippen molar-refractivity contribution in [1.29, 1.82) is 0 Å².